The van der Waals surface area contributed by atoms with E-state index in [0.717, 1.165) is 99.2 Å². The summed E-state index contributed by atoms with van der Waals surface area (Å²) in [5.41, 5.74) is 4.43. The van der Waals surface area contributed by atoms with Crippen LogP contribution >= 0.6 is 0 Å². The highest BCUT2D eigenvalue weighted by atomic mass is 32.2. The molecular formula is C33H42F5NO3S. The molecule has 1 atom stereocenters. The van der Waals surface area contributed by atoms with Gasteiger partial charge in [0.1, 0.15) is 27.2 Å². The summed E-state index contributed by atoms with van der Waals surface area (Å²) >= 11 is 0. The van der Waals surface area contributed by atoms with Crippen molar-refractivity contribution in [3.8, 4) is 5.75 Å². The quantitative estimate of drug-likeness (QED) is 0.169. The summed E-state index contributed by atoms with van der Waals surface area (Å²) in [5.74, 6) is -1.46. The molecule has 1 aliphatic heterocycles. The Kier molecular flexibility index (Phi) is 11.7. The third kappa shape index (κ3) is 10.0. The van der Waals surface area contributed by atoms with E-state index in [0.29, 0.717) is 18.4 Å². The van der Waals surface area contributed by atoms with Crippen LogP contribution in [0.1, 0.15) is 93.7 Å². The number of benzene rings is 2. The van der Waals surface area contributed by atoms with Crippen molar-refractivity contribution < 1.29 is 35.5 Å². The molecule has 1 aliphatic carbocycles. The molecule has 1 N–H and O–H groups in total. The zero-order chi connectivity index (χ0) is 31.0. The van der Waals surface area contributed by atoms with Gasteiger partial charge in [0.05, 0.1) is 11.5 Å². The monoisotopic (exact) mass is 627 g/mol. The highest BCUT2D eigenvalue weighted by molar-refractivity contribution is 7.91. The summed E-state index contributed by atoms with van der Waals surface area (Å²) in [6.07, 6.45) is 3.34. The van der Waals surface area contributed by atoms with E-state index < -0.39 is 39.8 Å². The van der Waals surface area contributed by atoms with Crippen molar-refractivity contribution >= 4 is 21.0 Å². The minimum Gasteiger partial charge on any atom is -0.508 e. The van der Waals surface area contributed by atoms with Crippen molar-refractivity contribution in [3.63, 3.8) is 0 Å². The second kappa shape index (κ2) is 15.0. The molecule has 1 saturated heterocycles. The highest BCUT2D eigenvalue weighted by Gasteiger charge is 2.29. The van der Waals surface area contributed by atoms with E-state index in [1.165, 1.54) is 12.1 Å². The third-order valence-electron chi connectivity index (χ3n) is 8.71. The van der Waals surface area contributed by atoms with E-state index in [1.807, 2.05) is 6.07 Å². The van der Waals surface area contributed by atoms with Crippen LogP contribution in [0.15, 0.2) is 36.4 Å². The SMILES string of the molecule is O=S(=O)(CCCC(F)(F)F)CCC1CCCN1CCCCCCC1=C(c2ccc(F)cc2F)CCCc2cc(O)ccc21. The number of unbranched alkanes of at least 4 members (excludes halogenated alkanes) is 3. The van der Waals surface area contributed by atoms with Gasteiger partial charge in [-0.3, -0.25) is 0 Å². The average molecular weight is 628 g/mol. The van der Waals surface area contributed by atoms with Crippen LogP contribution in [0.5, 0.6) is 5.75 Å². The summed E-state index contributed by atoms with van der Waals surface area (Å²) in [6, 6.07) is 9.22. The number of nitrogens with zero attached hydrogens (tertiary/aromatic N) is 1. The van der Waals surface area contributed by atoms with Gasteiger partial charge in [0.2, 0.25) is 0 Å². The van der Waals surface area contributed by atoms with Gasteiger partial charge in [-0.05, 0) is 124 Å². The molecule has 4 nitrogen and oxygen atoms in total. The van der Waals surface area contributed by atoms with Gasteiger partial charge >= 0.3 is 6.18 Å². The van der Waals surface area contributed by atoms with Crippen LogP contribution in [0.4, 0.5) is 22.0 Å². The zero-order valence-electron chi connectivity index (χ0n) is 24.6. The normalized spacial score (nSPS) is 18.2. The Bertz CT molecular complexity index is 1370. The first-order chi connectivity index (χ1) is 20.4. The largest absolute Gasteiger partial charge is 0.508 e. The van der Waals surface area contributed by atoms with Crippen molar-refractivity contribution in [1.29, 1.82) is 0 Å². The minimum absolute atomic E-state index is 0.0721. The van der Waals surface area contributed by atoms with Gasteiger partial charge in [-0.25, -0.2) is 17.2 Å². The van der Waals surface area contributed by atoms with E-state index in [4.69, 9.17) is 0 Å². The molecule has 0 saturated carbocycles. The van der Waals surface area contributed by atoms with E-state index in [-0.39, 0.29) is 24.0 Å². The molecule has 0 amide bonds. The average Bonchev–Trinajstić information content (AvgIpc) is 3.30. The fraction of sp³-hybridized carbons (Fsp3) is 0.576. The highest BCUT2D eigenvalue weighted by Crippen LogP contribution is 2.40. The van der Waals surface area contributed by atoms with Crippen LogP contribution in [0.3, 0.4) is 0 Å². The number of phenolic OH excluding ortho intramolecular Hbond substituents is 1. The van der Waals surface area contributed by atoms with E-state index in [1.54, 1.807) is 12.1 Å². The lowest BCUT2D eigenvalue weighted by Gasteiger charge is -2.24. The molecule has 0 spiro atoms. The van der Waals surface area contributed by atoms with Gasteiger partial charge < -0.3 is 10.0 Å². The summed E-state index contributed by atoms with van der Waals surface area (Å²) in [6.45, 7) is 1.76. The van der Waals surface area contributed by atoms with E-state index in [9.17, 15) is 35.5 Å². The third-order valence-corrected chi connectivity index (χ3v) is 10.5. The number of rotatable bonds is 14. The lowest BCUT2D eigenvalue weighted by Crippen LogP contribution is -2.32. The van der Waals surface area contributed by atoms with Crippen LogP contribution in [-0.2, 0) is 16.3 Å². The van der Waals surface area contributed by atoms with Crippen molar-refractivity contribution in [2.45, 2.75) is 95.7 Å². The van der Waals surface area contributed by atoms with Crippen molar-refractivity contribution in [1.82, 2.24) is 4.90 Å². The first kappa shape index (κ1) is 33.4. The fourth-order valence-electron chi connectivity index (χ4n) is 6.56. The predicted molar refractivity (Wildman–Crippen MR) is 160 cm³/mol. The molecule has 1 fully saturated rings. The number of aromatic hydroxyl groups is 1. The van der Waals surface area contributed by atoms with Gasteiger partial charge in [-0.2, -0.15) is 13.2 Å². The molecule has 238 valence electrons. The summed E-state index contributed by atoms with van der Waals surface area (Å²) in [7, 11) is -3.50. The molecule has 1 unspecified atom stereocenters. The number of phenols is 1. The Labute approximate surface area is 251 Å². The fourth-order valence-corrected chi connectivity index (χ4v) is 7.98. The molecule has 2 aromatic rings. The molecule has 4 rings (SSSR count). The van der Waals surface area contributed by atoms with E-state index >= 15 is 0 Å². The summed E-state index contributed by atoms with van der Waals surface area (Å²) < 4.78 is 90.2. The van der Waals surface area contributed by atoms with Gasteiger partial charge in [0.15, 0.2) is 0 Å². The molecule has 0 radical (unpaired) electrons. The van der Waals surface area contributed by atoms with Crippen molar-refractivity contribution in [2.75, 3.05) is 24.6 Å². The van der Waals surface area contributed by atoms with Gasteiger partial charge in [0.25, 0.3) is 0 Å². The van der Waals surface area contributed by atoms with Gasteiger partial charge in [-0.1, -0.05) is 18.9 Å². The molecule has 1 heterocycles. The maximum atomic E-state index is 14.9. The van der Waals surface area contributed by atoms with Gasteiger partial charge in [0, 0.05) is 24.1 Å². The van der Waals surface area contributed by atoms with Gasteiger partial charge in [-0.15, -0.1) is 0 Å². The first-order valence-electron chi connectivity index (χ1n) is 15.4. The van der Waals surface area contributed by atoms with Crippen LogP contribution in [0, 0.1) is 11.6 Å². The molecule has 43 heavy (non-hydrogen) atoms. The molecule has 0 bridgehead atoms. The lowest BCUT2D eigenvalue weighted by atomic mass is 9.88. The number of likely N-dealkylation sites (tertiary alicyclic amines) is 1. The van der Waals surface area contributed by atoms with Crippen molar-refractivity contribution in [2.24, 2.45) is 0 Å². The Balaban J connectivity index is 1.29. The Morgan fingerprint density at radius 2 is 1.65 bits per heavy atom. The first-order valence-corrected chi connectivity index (χ1v) is 17.2. The maximum absolute atomic E-state index is 14.9. The van der Waals surface area contributed by atoms with Crippen LogP contribution in [-0.4, -0.2) is 55.2 Å². The van der Waals surface area contributed by atoms with Crippen molar-refractivity contribution in [3.05, 3.63) is 64.7 Å². The minimum atomic E-state index is -4.33. The maximum Gasteiger partial charge on any atom is 0.389 e. The number of hydrogen-bond donors (Lipinski definition) is 1. The molecule has 2 aromatic carbocycles. The number of hydrogen-bond acceptors (Lipinski definition) is 4. The van der Waals surface area contributed by atoms with Crippen LogP contribution in [0.2, 0.25) is 0 Å². The second-order valence-electron chi connectivity index (χ2n) is 11.9. The summed E-state index contributed by atoms with van der Waals surface area (Å²) in [5, 5.41) is 10.1. The Morgan fingerprint density at radius 1 is 0.884 bits per heavy atom. The lowest BCUT2D eigenvalue weighted by molar-refractivity contribution is -0.134. The van der Waals surface area contributed by atoms with E-state index in [2.05, 4.69) is 4.90 Å². The smallest absolute Gasteiger partial charge is 0.389 e. The molecule has 10 heteroatoms. The Morgan fingerprint density at radius 3 is 2.42 bits per heavy atom. The zero-order valence-corrected chi connectivity index (χ0v) is 25.4. The number of halogens is 5. The number of aryl methyl sites for hydroxylation is 1. The van der Waals surface area contributed by atoms with Crippen LogP contribution in [0.25, 0.3) is 11.1 Å². The molecule has 0 aromatic heterocycles. The number of allylic oxidation sites excluding steroid dienone is 2. The summed E-state index contributed by atoms with van der Waals surface area (Å²) in [4.78, 5) is 2.32. The number of alkyl halides is 3. The second-order valence-corrected chi connectivity index (χ2v) is 14.2. The molecular weight excluding hydrogens is 585 g/mol. The molecule has 2 aliphatic rings. The Hall–Kier alpha value is -2.46. The predicted octanol–water partition coefficient (Wildman–Crippen LogP) is 8.48. The number of sulfone groups is 1. The topological polar surface area (TPSA) is 57.6 Å². The number of fused-ring (bicyclic) bond motifs is 1. The standard InChI is InChI=1S/C33H42F5NO3S/c34-25-12-14-31(32(35)23-25)30-11-5-8-24-22-27(40)13-15-28(24)29(30)10-3-1-2-4-18-39-19-6-9-26(39)16-21-43(41,42)20-7-17-33(36,37)38/h12-15,22-23,26,40H,1-11,16-21H2. The van der Waals surface area contributed by atoms with Crippen LogP contribution < -0.4 is 0 Å².